The minimum Gasteiger partial charge on any atom is -0.454 e. The van der Waals surface area contributed by atoms with E-state index in [1.165, 1.54) is 0 Å². The molecule has 18 heavy (non-hydrogen) atoms. The van der Waals surface area contributed by atoms with Gasteiger partial charge in [0.05, 0.1) is 0 Å². The second-order valence-corrected chi connectivity index (χ2v) is 3.51. The van der Waals surface area contributed by atoms with Crippen LogP contribution in [-0.4, -0.2) is 25.3 Å². The lowest BCUT2D eigenvalue weighted by Gasteiger charge is -2.07. The summed E-state index contributed by atoms with van der Waals surface area (Å²) in [6.07, 6.45) is 0. The van der Waals surface area contributed by atoms with E-state index in [0.717, 1.165) is 0 Å². The smallest absolute Gasteiger partial charge is 0.333 e. The minimum absolute atomic E-state index is 0.150. The predicted molar refractivity (Wildman–Crippen MR) is 62.2 cm³/mol. The van der Waals surface area contributed by atoms with E-state index in [0.29, 0.717) is 23.6 Å². The van der Waals surface area contributed by atoms with E-state index in [4.69, 9.17) is 9.47 Å². The van der Waals surface area contributed by atoms with E-state index < -0.39 is 11.9 Å². The molecular weight excluding hydrogens is 238 g/mol. The molecule has 1 aromatic rings. The highest BCUT2D eigenvalue weighted by Gasteiger charge is 2.16. The number of amides is 3. The summed E-state index contributed by atoms with van der Waals surface area (Å²) < 4.78 is 10.3. The van der Waals surface area contributed by atoms with Crippen LogP contribution in [0.4, 0.5) is 4.79 Å². The zero-order valence-electron chi connectivity index (χ0n) is 9.78. The third-order valence-corrected chi connectivity index (χ3v) is 2.26. The summed E-state index contributed by atoms with van der Waals surface area (Å²) in [5, 5.41) is 2.48. The number of hydrogen-bond acceptors (Lipinski definition) is 4. The molecule has 0 unspecified atom stereocenters. The molecule has 0 bridgehead atoms. The van der Waals surface area contributed by atoms with Crippen LogP contribution >= 0.6 is 0 Å². The Kier molecular flexibility index (Phi) is 3.52. The number of fused-ring (bicyclic) bond motifs is 1. The van der Waals surface area contributed by atoms with Crippen LogP contribution in [0.15, 0.2) is 18.2 Å². The molecule has 0 radical (unpaired) electrons. The van der Waals surface area contributed by atoms with Crippen LogP contribution in [0.25, 0.3) is 0 Å². The van der Waals surface area contributed by atoms with Gasteiger partial charge < -0.3 is 14.8 Å². The molecule has 1 heterocycles. The molecule has 0 atom stereocenters. The fourth-order valence-corrected chi connectivity index (χ4v) is 1.43. The molecule has 3 amide bonds. The molecule has 0 aromatic heterocycles. The lowest BCUT2D eigenvalue weighted by atomic mass is 10.2. The van der Waals surface area contributed by atoms with E-state index in [1.54, 1.807) is 25.1 Å². The molecule has 0 spiro atoms. The predicted octanol–water partition coefficient (Wildman–Crippen LogP) is 0.379. The first-order valence-corrected chi connectivity index (χ1v) is 5.44. The molecule has 0 aliphatic carbocycles. The highest BCUT2D eigenvalue weighted by atomic mass is 16.7. The normalized spacial score (nSPS) is 11.8. The highest BCUT2D eigenvalue weighted by molar-refractivity contribution is 5.95. The zero-order chi connectivity index (χ0) is 13.0. The first kappa shape index (κ1) is 12.0. The summed E-state index contributed by atoms with van der Waals surface area (Å²) in [5.41, 5.74) is 4.88. The SMILES string of the molecule is CCNC(=O)NNC(=O)c1ccc2c(c1)OCO2. The Hall–Kier alpha value is -2.44. The number of ether oxygens (including phenoxy) is 2. The quantitative estimate of drug-likeness (QED) is 0.663. The van der Waals surface area contributed by atoms with Gasteiger partial charge in [-0.05, 0) is 25.1 Å². The molecule has 1 aromatic carbocycles. The van der Waals surface area contributed by atoms with Gasteiger partial charge in [0.2, 0.25) is 6.79 Å². The van der Waals surface area contributed by atoms with E-state index in [1.807, 2.05) is 0 Å². The number of carbonyl (C=O) groups excluding carboxylic acids is 2. The van der Waals surface area contributed by atoms with Crippen molar-refractivity contribution < 1.29 is 19.1 Å². The van der Waals surface area contributed by atoms with Crippen LogP contribution in [0.5, 0.6) is 11.5 Å². The van der Waals surface area contributed by atoms with Gasteiger partial charge in [-0.1, -0.05) is 0 Å². The van der Waals surface area contributed by atoms with E-state index in [-0.39, 0.29) is 6.79 Å². The number of urea groups is 1. The fraction of sp³-hybridized carbons (Fsp3) is 0.273. The average molecular weight is 251 g/mol. The van der Waals surface area contributed by atoms with Crippen molar-refractivity contribution in [3.05, 3.63) is 23.8 Å². The van der Waals surface area contributed by atoms with Crippen LogP contribution in [-0.2, 0) is 0 Å². The van der Waals surface area contributed by atoms with Gasteiger partial charge in [-0.15, -0.1) is 0 Å². The Morgan fingerprint density at radius 3 is 2.78 bits per heavy atom. The van der Waals surface area contributed by atoms with Gasteiger partial charge in [0.1, 0.15) is 0 Å². The van der Waals surface area contributed by atoms with E-state index in [9.17, 15) is 9.59 Å². The van der Waals surface area contributed by atoms with Crippen molar-refractivity contribution >= 4 is 11.9 Å². The van der Waals surface area contributed by atoms with Crippen molar-refractivity contribution in [3.8, 4) is 11.5 Å². The number of nitrogens with one attached hydrogen (secondary N) is 3. The molecule has 96 valence electrons. The Morgan fingerprint density at radius 2 is 2.00 bits per heavy atom. The van der Waals surface area contributed by atoms with Crippen molar-refractivity contribution in [2.24, 2.45) is 0 Å². The maximum atomic E-state index is 11.7. The summed E-state index contributed by atoms with van der Waals surface area (Å²) in [6.45, 7) is 2.41. The number of benzene rings is 1. The fourth-order valence-electron chi connectivity index (χ4n) is 1.43. The number of carbonyl (C=O) groups is 2. The summed E-state index contributed by atoms with van der Waals surface area (Å²) in [6, 6.07) is 4.31. The third kappa shape index (κ3) is 2.62. The van der Waals surface area contributed by atoms with Crippen LogP contribution in [0, 0.1) is 0 Å². The first-order chi connectivity index (χ1) is 8.70. The van der Waals surface area contributed by atoms with E-state index in [2.05, 4.69) is 16.2 Å². The molecule has 7 nitrogen and oxygen atoms in total. The highest BCUT2D eigenvalue weighted by Crippen LogP contribution is 2.32. The molecule has 1 aliphatic rings. The van der Waals surface area contributed by atoms with Gasteiger partial charge in [0.15, 0.2) is 11.5 Å². The minimum atomic E-state index is -0.466. The number of rotatable bonds is 2. The van der Waals surface area contributed by atoms with Crippen molar-refractivity contribution in [1.29, 1.82) is 0 Å². The van der Waals surface area contributed by atoms with E-state index >= 15 is 0 Å². The number of hydrogen-bond donors (Lipinski definition) is 3. The molecule has 0 saturated heterocycles. The maximum absolute atomic E-state index is 11.7. The maximum Gasteiger partial charge on any atom is 0.333 e. The van der Waals surface area contributed by atoms with Gasteiger partial charge >= 0.3 is 6.03 Å². The molecule has 0 fully saturated rings. The topological polar surface area (TPSA) is 88.7 Å². The van der Waals surface area contributed by atoms with Gasteiger partial charge in [-0.25, -0.2) is 10.2 Å². The Balaban J connectivity index is 1.95. The lowest BCUT2D eigenvalue weighted by molar-refractivity contribution is 0.0936. The van der Waals surface area contributed by atoms with Crippen LogP contribution < -0.4 is 25.6 Å². The molecule has 1 aliphatic heterocycles. The molecule has 3 N–H and O–H groups in total. The lowest BCUT2D eigenvalue weighted by Crippen LogP contribution is -2.46. The zero-order valence-corrected chi connectivity index (χ0v) is 9.78. The monoisotopic (exact) mass is 251 g/mol. The van der Waals surface area contributed by atoms with Crippen LogP contribution in [0.2, 0.25) is 0 Å². The molecular formula is C11H13N3O4. The third-order valence-electron chi connectivity index (χ3n) is 2.26. The molecule has 0 saturated carbocycles. The largest absolute Gasteiger partial charge is 0.454 e. The molecule has 7 heteroatoms. The standard InChI is InChI=1S/C11H13N3O4/c1-2-12-11(16)14-13-10(15)7-3-4-8-9(5-7)18-6-17-8/h3-5H,2,6H2,1H3,(H,13,15)(H2,12,14,16). The van der Waals surface area contributed by atoms with Crippen molar-refractivity contribution in [1.82, 2.24) is 16.2 Å². The van der Waals surface area contributed by atoms with Gasteiger partial charge in [0, 0.05) is 12.1 Å². The summed E-state index contributed by atoms with van der Waals surface area (Å²) in [7, 11) is 0. The van der Waals surface area contributed by atoms with Crippen molar-refractivity contribution in [3.63, 3.8) is 0 Å². The van der Waals surface area contributed by atoms with Gasteiger partial charge in [-0.2, -0.15) is 0 Å². The number of hydrazine groups is 1. The summed E-state index contributed by atoms with van der Waals surface area (Å²) in [4.78, 5) is 22.8. The van der Waals surface area contributed by atoms with Crippen LogP contribution in [0.3, 0.4) is 0 Å². The molecule has 2 rings (SSSR count). The van der Waals surface area contributed by atoms with Crippen LogP contribution in [0.1, 0.15) is 17.3 Å². The second-order valence-electron chi connectivity index (χ2n) is 3.51. The summed E-state index contributed by atoms with van der Waals surface area (Å²) in [5.74, 6) is 0.684. The Labute approximate surface area is 103 Å². The van der Waals surface area contributed by atoms with Crippen molar-refractivity contribution in [2.45, 2.75) is 6.92 Å². The Bertz CT molecular complexity index is 475. The first-order valence-electron chi connectivity index (χ1n) is 5.44. The van der Waals surface area contributed by atoms with Gasteiger partial charge in [-0.3, -0.25) is 10.2 Å². The van der Waals surface area contributed by atoms with Crippen molar-refractivity contribution in [2.75, 3.05) is 13.3 Å². The average Bonchev–Trinajstić information content (AvgIpc) is 2.83. The second kappa shape index (κ2) is 5.26. The summed E-state index contributed by atoms with van der Waals surface area (Å²) >= 11 is 0. The Morgan fingerprint density at radius 1 is 1.22 bits per heavy atom. The van der Waals surface area contributed by atoms with Gasteiger partial charge in [0.25, 0.3) is 5.91 Å².